The van der Waals surface area contributed by atoms with Crippen molar-refractivity contribution in [2.24, 2.45) is 0 Å². The number of nitrogens with one attached hydrogen (secondary N) is 1. The van der Waals surface area contributed by atoms with Gasteiger partial charge in [0.15, 0.2) is 0 Å². The molecule has 152 valence electrons. The van der Waals surface area contributed by atoms with E-state index in [1.807, 2.05) is 28.8 Å². The number of hydrogen-bond acceptors (Lipinski definition) is 3. The molecule has 0 radical (unpaired) electrons. The summed E-state index contributed by atoms with van der Waals surface area (Å²) in [6.45, 7) is 0.570. The molecule has 30 heavy (non-hydrogen) atoms. The molecule has 0 spiro atoms. The zero-order valence-electron chi connectivity index (χ0n) is 16.5. The van der Waals surface area contributed by atoms with Gasteiger partial charge in [-0.1, -0.05) is 24.3 Å². The van der Waals surface area contributed by atoms with Crippen molar-refractivity contribution in [2.75, 3.05) is 0 Å². The van der Waals surface area contributed by atoms with E-state index in [9.17, 15) is 9.18 Å². The van der Waals surface area contributed by atoms with Crippen LogP contribution in [0.1, 0.15) is 36.6 Å². The fourth-order valence-corrected chi connectivity index (χ4v) is 4.21. The van der Waals surface area contributed by atoms with E-state index in [4.69, 9.17) is 0 Å². The van der Waals surface area contributed by atoms with E-state index in [2.05, 4.69) is 15.4 Å². The highest BCUT2D eigenvalue weighted by atomic mass is 19.1. The predicted molar refractivity (Wildman–Crippen MR) is 112 cm³/mol. The Morgan fingerprint density at radius 2 is 2.00 bits per heavy atom. The molecule has 2 aromatic heterocycles. The Labute approximate surface area is 173 Å². The number of fused-ring (bicyclic) bond motifs is 2. The maximum Gasteiger partial charge on any atom is 0.222 e. The van der Waals surface area contributed by atoms with Crippen LogP contribution >= 0.6 is 0 Å². The number of hydrogen-bond donors (Lipinski definition) is 1. The molecule has 5 rings (SSSR count). The summed E-state index contributed by atoms with van der Waals surface area (Å²) in [6, 6.07) is 14.4. The van der Waals surface area contributed by atoms with Gasteiger partial charge >= 0.3 is 0 Å². The van der Waals surface area contributed by atoms with Crippen LogP contribution in [0.15, 0.2) is 61.1 Å². The Morgan fingerprint density at radius 3 is 2.90 bits per heavy atom. The largest absolute Gasteiger partial charge is 0.349 e. The Balaban J connectivity index is 1.30. The summed E-state index contributed by atoms with van der Waals surface area (Å²) in [5, 5.41) is 7.57. The fourth-order valence-electron chi connectivity index (χ4n) is 4.21. The lowest BCUT2D eigenvalue weighted by atomic mass is 9.92. The molecule has 0 fully saturated rings. The van der Waals surface area contributed by atoms with Crippen LogP contribution in [-0.2, 0) is 17.8 Å². The van der Waals surface area contributed by atoms with Crippen molar-refractivity contribution in [1.82, 2.24) is 24.6 Å². The second-order valence-electron chi connectivity index (χ2n) is 7.60. The first-order valence-corrected chi connectivity index (χ1v) is 10.2. The first kappa shape index (κ1) is 18.5. The quantitative estimate of drug-likeness (QED) is 0.549. The molecule has 7 heteroatoms. The van der Waals surface area contributed by atoms with Gasteiger partial charge in [-0.05, 0) is 43.5 Å². The van der Waals surface area contributed by atoms with Crippen molar-refractivity contribution >= 4 is 16.9 Å². The average molecular weight is 403 g/mol. The predicted octanol–water partition coefficient (Wildman–Crippen LogP) is 3.95. The van der Waals surface area contributed by atoms with Gasteiger partial charge in [0.25, 0.3) is 0 Å². The third-order valence-electron chi connectivity index (χ3n) is 5.71. The van der Waals surface area contributed by atoms with E-state index in [-0.39, 0.29) is 17.8 Å². The van der Waals surface area contributed by atoms with Crippen LogP contribution in [0.25, 0.3) is 16.7 Å². The van der Waals surface area contributed by atoms with Gasteiger partial charge < -0.3 is 9.88 Å². The van der Waals surface area contributed by atoms with E-state index in [0.29, 0.717) is 18.7 Å². The van der Waals surface area contributed by atoms with Gasteiger partial charge in [-0.25, -0.2) is 14.1 Å². The SMILES string of the molecule is O=C(CCn1cnc2ccccc21)N[C@H]1CCCc2c1cnn2-c1ccccc1F. The number of nitrogens with zero attached hydrogens (tertiary/aromatic N) is 4. The average Bonchev–Trinajstić information content (AvgIpc) is 3.38. The van der Waals surface area contributed by atoms with Gasteiger partial charge in [-0.15, -0.1) is 0 Å². The molecular formula is C23H22FN5O. The summed E-state index contributed by atoms with van der Waals surface area (Å²) in [5.74, 6) is -0.314. The van der Waals surface area contributed by atoms with Crippen LogP contribution < -0.4 is 5.32 Å². The third-order valence-corrected chi connectivity index (χ3v) is 5.71. The molecule has 1 amide bonds. The van der Waals surface area contributed by atoms with Crippen molar-refractivity contribution in [3.8, 4) is 5.69 Å². The highest BCUT2D eigenvalue weighted by molar-refractivity contribution is 5.78. The lowest BCUT2D eigenvalue weighted by Gasteiger charge is -2.24. The van der Waals surface area contributed by atoms with Crippen molar-refractivity contribution < 1.29 is 9.18 Å². The highest BCUT2D eigenvalue weighted by Gasteiger charge is 2.26. The number of carbonyl (C=O) groups excluding carboxylic acids is 1. The number of amides is 1. The molecule has 1 N–H and O–H groups in total. The molecular weight excluding hydrogens is 381 g/mol. The van der Waals surface area contributed by atoms with Crippen LogP contribution in [0, 0.1) is 5.82 Å². The second kappa shape index (κ2) is 7.74. The van der Waals surface area contributed by atoms with Gasteiger partial charge in [0.1, 0.15) is 11.5 Å². The summed E-state index contributed by atoms with van der Waals surface area (Å²) < 4.78 is 17.9. The molecule has 1 atom stereocenters. The number of halogens is 1. The molecule has 2 heterocycles. The van der Waals surface area contributed by atoms with Crippen LogP contribution in [-0.4, -0.2) is 25.2 Å². The minimum Gasteiger partial charge on any atom is -0.349 e. The Morgan fingerprint density at radius 1 is 1.17 bits per heavy atom. The molecule has 0 saturated heterocycles. The highest BCUT2D eigenvalue weighted by Crippen LogP contribution is 2.31. The number of benzene rings is 2. The zero-order valence-corrected chi connectivity index (χ0v) is 16.5. The molecule has 1 aliphatic carbocycles. The van der Waals surface area contributed by atoms with Crippen LogP contribution in [0.2, 0.25) is 0 Å². The number of para-hydroxylation sites is 3. The van der Waals surface area contributed by atoms with Crippen molar-refractivity contribution in [1.29, 1.82) is 0 Å². The first-order valence-electron chi connectivity index (χ1n) is 10.2. The van der Waals surface area contributed by atoms with E-state index < -0.39 is 0 Å². The van der Waals surface area contributed by atoms with Gasteiger partial charge in [-0.2, -0.15) is 5.10 Å². The van der Waals surface area contributed by atoms with Gasteiger partial charge in [0.2, 0.25) is 5.91 Å². The molecule has 0 aliphatic heterocycles. The molecule has 0 unspecified atom stereocenters. The number of imidazole rings is 1. The lowest BCUT2D eigenvalue weighted by Crippen LogP contribution is -2.31. The number of rotatable bonds is 5. The molecule has 1 aliphatic rings. The first-order chi connectivity index (χ1) is 14.7. The number of aromatic nitrogens is 4. The van der Waals surface area contributed by atoms with Crippen molar-refractivity contribution in [3.63, 3.8) is 0 Å². The van der Waals surface area contributed by atoms with E-state index >= 15 is 0 Å². The Hall–Kier alpha value is -3.48. The van der Waals surface area contributed by atoms with Crippen molar-refractivity contribution in [3.05, 3.63) is 78.1 Å². The lowest BCUT2D eigenvalue weighted by molar-refractivity contribution is -0.122. The monoisotopic (exact) mass is 403 g/mol. The smallest absolute Gasteiger partial charge is 0.222 e. The summed E-state index contributed by atoms with van der Waals surface area (Å²) in [7, 11) is 0. The fraction of sp³-hybridized carbons (Fsp3) is 0.261. The molecule has 4 aromatic rings. The van der Waals surface area contributed by atoms with E-state index in [1.54, 1.807) is 35.4 Å². The molecule has 6 nitrogen and oxygen atoms in total. The van der Waals surface area contributed by atoms with Crippen LogP contribution in [0.3, 0.4) is 0 Å². The topological polar surface area (TPSA) is 64.7 Å². The van der Waals surface area contributed by atoms with Crippen LogP contribution in [0.5, 0.6) is 0 Å². The van der Waals surface area contributed by atoms with Crippen LogP contribution in [0.4, 0.5) is 4.39 Å². The molecule has 2 aromatic carbocycles. The summed E-state index contributed by atoms with van der Waals surface area (Å²) in [5.41, 5.74) is 4.34. The summed E-state index contributed by atoms with van der Waals surface area (Å²) >= 11 is 0. The maximum absolute atomic E-state index is 14.2. The van der Waals surface area contributed by atoms with Crippen molar-refractivity contribution in [2.45, 2.75) is 38.3 Å². The normalized spacial score (nSPS) is 15.8. The number of aryl methyl sites for hydroxylation is 1. The standard InChI is InChI=1S/C23H22FN5O/c24-17-6-1-3-9-21(17)29-20-11-5-8-18(16(20)14-26-29)27-23(30)12-13-28-15-25-19-7-2-4-10-22(19)28/h1-4,6-7,9-10,14-15,18H,5,8,11-13H2,(H,27,30)/t18-/m0/s1. The molecule has 0 saturated carbocycles. The van der Waals surface area contributed by atoms with Gasteiger partial charge in [0, 0.05) is 24.2 Å². The maximum atomic E-state index is 14.2. The van der Waals surface area contributed by atoms with E-state index in [1.165, 1.54) is 6.07 Å². The van der Waals surface area contributed by atoms with E-state index in [0.717, 1.165) is 41.6 Å². The Kier molecular flexibility index (Phi) is 4.78. The zero-order chi connectivity index (χ0) is 20.5. The van der Waals surface area contributed by atoms with Gasteiger partial charge in [0.05, 0.1) is 29.6 Å². The minimum atomic E-state index is -0.304. The Bertz CT molecular complexity index is 1210. The van der Waals surface area contributed by atoms with Gasteiger partial charge in [-0.3, -0.25) is 4.79 Å². The third kappa shape index (κ3) is 3.36. The minimum absolute atomic E-state index is 0.00993. The second-order valence-corrected chi connectivity index (χ2v) is 7.60. The summed E-state index contributed by atoms with van der Waals surface area (Å²) in [6.07, 6.45) is 6.50. The summed E-state index contributed by atoms with van der Waals surface area (Å²) in [4.78, 5) is 17.0. The number of carbonyl (C=O) groups is 1. The molecule has 0 bridgehead atoms.